The third-order valence-corrected chi connectivity index (χ3v) is 9.32. The number of ether oxygens (including phenoxy) is 2. The summed E-state index contributed by atoms with van der Waals surface area (Å²) in [5.41, 5.74) is 1.44. The summed E-state index contributed by atoms with van der Waals surface area (Å²) in [4.78, 5) is 27.7. The molecule has 0 aromatic heterocycles. The zero-order valence-electron chi connectivity index (χ0n) is 25.0. The molecule has 11 nitrogen and oxygen atoms in total. The Morgan fingerprint density at radius 3 is 2.39 bits per heavy atom. The van der Waals surface area contributed by atoms with Crippen molar-refractivity contribution >= 4 is 33.3 Å². The number of anilines is 2. The van der Waals surface area contributed by atoms with Crippen molar-refractivity contribution in [3.05, 3.63) is 78.1 Å². The smallest absolute Gasteiger partial charge is 0.323 e. The molecule has 236 valence electrons. The lowest BCUT2D eigenvalue weighted by Crippen LogP contribution is -2.48. The van der Waals surface area contributed by atoms with Crippen LogP contribution in [-0.4, -0.2) is 80.7 Å². The number of sulfonamides is 1. The van der Waals surface area contributed by atoms with Gasteiger partial charge in [-0.1, -0.05) is 6.92 Å². The number of methoxy groups -OCH3 is 1. The van der Waals surface area contributed by atoms with E-state index in [1.54, 1.807) is 61.4 Å². The molecule has 1 heterocycles. The predicted octanol–water partition coefficient (Wildman–Crippen LogP) is 3.95. The second-order valence-corrected chi connectivity index (χ2v) is 12.8. The number of halogens is 1. The van der Waals surface area contributed by atoms with Crippen molar-refractivity contribution in [2.24, 2.45) is 5.92 Å². The first kappa shape index (κ1) is 32.7. The SMILES string of the molecule is COc1ccc(NC(=O)Nc2ccc3c(c2)CC(=O)N([C@H](C)CO)C[C@H](C)[C@H](CN(C)S(=O)(=O)c2ccc(F)cc2)O3)cc1. The number of hydrogen-bond acceptors (Lipinski definition) is 7. The van der Waals surface area contributed by atoms with Gasteiger partial charge in [-0.05, 0) is 73.7 Å². The third-order valence-electron chi connectivity index (χ3n) is 7.48. The minimum absolute atomic E-state index is 0.0631. The number of aliphatic hydroxyl groups is 1. The Bertz CT molecular complexity index is 1570. The van der Waals surface area contributed by atoms with Crippen molar-refractivity contribution in [3.63, 3.8) is 0 Å². The first-order valence-electron chi connectivity index (χ1n) is 14.0. The van der Waals surface area contributed by atoms with E-state index in [2.05, 4.69) is 10.6 Å². The van der Waals surface area contributed by atoms with Gasteiger partial charge in [0.1, 0.15) is 23.4 Å². The number of urea groups is 1. The molecule has 13 heteroatoms. The van der Waals surface area contributed by atoms with Crippen molar-refractivity contribution in [1.29, 1.82) is 0 Å². The Labute approximate surface area is 256 Å². The highest BCUT2D eigenvalue weighted by atomic mass is 32.2. The van der Waals surface area contributed by atoms with Gasteiger partial charge in [0.05, 0.1) is 37.6 Å². The van der Waals surface area contributed by atoms with E-state index in [-0.39, 0.29) is 42.8 Å². The number of carbonyl (C=O) groups is 2. The molecule has 1 aliphatic heterocycles. The molecule has 3 aromatic carbocycles. The molecule has 0 saturated heterocycles. The fourth-order valence-corrected chi connectivity index (χ4v) is 6.01. The fourth-order valence-electron chi connectivity index (χ4n) is 4.83. The van der Waals surface area contributed by atoms with Gasteiger partial charge >= 0.3 is 6.03 Å². The average Bonchev–Trinajstić information content (AvgIpc) is 3.04. The molecule has 0 radical (unpaired) electrons. The average molecular weight is 629 g/mol. The van der Waals surface area contributed by atoms with Crippen LogP contribution in [0.4, 0.5) is 20.6 Å². The lowest BCUT2D eigenvalue weighted by molar-refractivity contribution is -0.134. The van der Waals surface area contributed by atoms with Gasteiger partial charge in [0.15, 0.2) is 0 Å². The van der Waals surface area contributed by atoms with E-state index in [9.17, 15) is 27.5 Å². The van der Waals surface area contributed by atoms with Crippen LogP contribution >= 0.6 is 0 Å². The highest BCUT2D eigenvalue weighted by Crippen LogP contribution is 2.30. The maximum absolute atomic E-state index is 13.5. The van der Waals surface area contributed by atoms with Gasteiger partial charge in [-0.3, -0.25) is 4.79 Å². The summed E-state index contributed by atoms with van der Waals surface area (Å²) in [6.45, 7) is 3.45. The number of hydrogen-bond donors (Lipinski definition) is 3. The molecule has 44 heavy (non-hydrogen) atoms. The molecular weight excluding hydrogens is 591 g/mol. The summed E-state index contributed by atoms with van der Waals surface area (Å²) in [6, 6.07) is 15.3. The summed E-state index contributed by atoms with van der Waals surface area (Å²) in [5, 5.41) is 15.4. The van der Waals surface area contributed by atoms with Crippen molar-refractivity contribution in [2.45, 2.75) is 37.3 Å². The number of nitrogens with one attached hydrogen (secondary N) is 2. The molecule has 0 unspecified atom stereocenters. The molecule has 0 fully saturated rings. The molecule has 3 atom stereocenters. The number of rotatable bonds is 9. The van der Waals surface area contributed by atoms with E-state index in [0.717, 1.165) is 16.4 Å². The standard InChI is InChI=1S/C31H37FN4O7S/c1-20-17-36(21(2)19-37)30(38)16-22-15-25(34-31(39)33-24-7-10-26(42-4)11-8-24)9-14-28(22)43-29(20)18-35(3)44(40,41)27-12-5-23(32)6-13-27/h5-15,20-21,29,37H,16-19H2,1-4H3,(H2,33,34,39)/t20-,21+,29-/m0/s1. The van der Waals surface area contributed by atoms with E-state index in [0.29, 0.717) is 28.4 Å². The highest BCUT2D eigenvalue weighted by molar-refractivity contribution is 7.89. The van der Waals surface area contributed by atoms with Gasteiger partial charge in [-0.15, -0.1) is 0 Å². The normalized spacial score (nSPS) is 17.9. The molecule has 0 aliphatic carbocycles. The number of aliphatic hydroxyl groups excluding tert-OH is 1. The largest absolute Gasteiger partial charge is 0.497 e. The summed E-state index contributed by atoms with van der Waals surface area (Å²) in [5.74, 6) is -0.142. The Morgan fingerprint density at radius 1 is 1.11 bits per heavy atom. The van der Waals surface area contributed by atoms with E-state index >= 15 is 0 Å². The van der Waals surface area contributed by atoms with E-state index in [1.165, 1.54) is 19.2 Å². The molecule has 4 rings (SSSR count). The van der Waals surface area contributed by atoms with Gasteiger partial charge in [-0.2, -0.15) is 4.31 Å². The van der Waals surface area contributed by atoms with Crippen LogP contribution in [0.5, 0.6) is 11.5 Å². The topological polar surface area (TPSA) is 138 Å². The first-order valence-corrected chi connectivity index (χ1v) is 15.5. The lowest BCUT2D eigenvalue weighted by Gasteiger charge is -2.33. The number of likely N-dealkylation sites (N-methyl/N-ethyl adjacent to an activating group) is 1. The van der Waals surface area contributed by atoms with E-state index in [1.807, 2.05) is 6.92 Å². The van der Waals surface area contributed by atoms with Crippen LogP contribution < -0.4 is 20.1 Å². The van der Waals surface area contributed by atoms with Crippen molar-refractivity contribution in [1.82, 2.24) is 9.21 Å². The van der Waals surface area contributed by atoms with Gasteiger partial charge in [0.25, 0.3) is 0 Å². The maximum Gasteiger partial charge on any atom is 0.323 e. The molecule has 3 aromatic rings. The number of nitrogens with zero attached hydrogens (tertiary/aromatic N) is 2. The number of amides is 3. The summed E-state index contributed by atoms with van der Waals surface area (Å²) < 4.78 is 52.6. The Kier molecular flexibility index (Phi) is 10.4. The minimum Gasteiger partial charge on any atom is -0.497 e. The lowest BCUT2D eigenvalue weighted by atomic mass is 10.0. The second-order valence-electron chi connectivity index (χ2n) is 10.8. The number of benzene rings is 3. The molecule has 0 bridgehead atoms. The van der Waals surface area contributed by atoms with Gasteiger partial charge in [-0.25, -0.2) is 17.6 Å². The first-order chi connectivity index (χ1) is 20.9. The van der Waals surface area contributed by atoms with Crippen molar-refractivity contribution < 1.29 is 37.0 Å². The molecule has 1 aliphatic rings. The minimum atomic E-state index is -3.98. The van der Waals surface area contributed by atoms with Crippen LogP contribution in [0.2, 0.25) is 0 Å². The van der Waals surface area contributed by atoms with Crippen LogP contribution in [0.3, 0.4) is 0 Å². The van der Waals surface area contributed by atoms with Crippen LogP contribution in [0.25, 0.3) is 0 Å². The molecular formula is C31H37FN4O7S. The molecule has 0 spiro atoms. The summed E-state index contributed by atoms with van der Waals surface area (Å²) in [6.07, 6.45) is -0.774. The second kappa shape index (κ2) is 14.1. The fraction of sp³-hybridized carbons (Fsp3) is 0.355. The molecule has 0 saturated carbocycles. The van der Waals surface area contributed by atoms with Gasteiger partial charge in [0.2, 0.25) is 15.9 Å². The van der Waals surface area contributed by atoms with Gasteiger partial charge < -0.3 is 30.1 Å². The third kappa shape index (κ3) is 7.84. The van der Waals surface area contributed by atoms with Crippen LogP contribution in [0.15, 0.2) is 71.6 Å². The van der Waals surface area contributed by atoms with E-state index < -0.39 is 34.0 Å². The quantitative estimate of drug-likeness (QED) is 0.326. The van der Waals surface area contributed by atoms with Crippen LogP contribution in [0.1, 0.15) is 19.4 Å². The predicted molar refractivity (Wildman–Crippen MR) is 164 cm³/mol. The van der Waals surface area contributed by atoms with Crippen molar-refractivity contribution in [3.8, 4) is 11.5 Å². The summed E-state index contributed by atoms with van der Waals surface area (Å²) in [7, 11) is -1.02. The summed E-state index contributed by atoms with van der Waals surface area (Å²) >= 11 is 0. The zero-order valence-corrected chi connectivity index (χ0v) is 25.8. The van der Waals surface area contributed by atoms with Crippen LogP contribution in [-0.2, 0) is 21.2 Å². The Balaban J connectivity index is 1.60. The molecule has 3 N–H and O–H groups in total. The monoisotopic (exact) mass is 628 g/mol. The van der Waals surface area contributed by atoms with E-state index in [4.69, 9.17) is 9.47 Å². The molecule has 3 amide bonds. The number of fused-ring (bicyclic) bond motifs is 1. The van der Waals surface area contributed by atoms with Crippen molar-refractivity contribution in [2.75, 3.05) is 44.5 Å². The Hall–Kier alpha value is -4.20. The Morgan fingerprint density at radius 2 is 1.75 bits per heavy atom. The van der Waals surface area contributed by atoms with Crippen LogP contribution in [0, 0.1) is 11.7 Å². The number of carbonyl (C=O) groups excluding carboxylic acids is 2. The van der Waals surface area contributed by atoms with Gasteiger partial charge in [0, 0.05) is 36.4 Å². The maximum atomic E-state index is 13.5. The zero-order chi connectivity index (χ0) is 32.0. The highest BCUT2D eigenvalue weighted by Gasteiger charge is 2.33.